The number of hydrogen-bond acceptors (Lipinski definition) is 7. The second kappa shape index (κ2) is 7.51. The Labute approximate surface area is 148 Å². The molecule has 1 aromatic rings. The van der Waals surface area contributed by atoms with Gasteiger partial charge in [-0.3, -0.25) is 4.79 Å². The average Bonchev–Trinajstić information content (AvgIpc) is 3.29. The highest BCUT2D eigenvalue weighted by atomic mass is 16.5. The highest BCUT2D eigenvalue weighted by Gasteiger charge is 2.25. The molecule has 2 aliphatic heterocycles. The molecule has 1 aliphatic carbocycles. The number of nitrogens with one attached hydrogen (secondary N) is 1. The lowest BCUT2D eigenvalue weighted by molar-refractivity contribution is -0.121. The van der Waals surface area contributed by atoms with E-state index in [9.17, 15) is 4.79 Å². The third-order valence-electron chi connectivity index (χ3n) is 4.96. The van der Waals surface area contributed by atoms with E-state index in [-0.39, 0.29) is 5.91 Å². The van der Waals surface area contributed by atoms with Gasteiger partial charge < -0.3 is 19.9 Å². The van der Waals surface area contributed by atoms with Crippen molar-refractivity contribution >= 4 is 17.8 Å². The van der Waals surface area contributed by atoms with Gasteiger partial charge in [-0.1, -0.05) is 0 Å². The zero-order chi connectivity index (χ0) is 17.1. The first kappa shape index (κ1) is 16.5. The maximum absolute atomic E-state index is 12.0. The van der Waals surface area contributed by atoms with Crippen LogP contribution in [0, 0.1) is 5.92 Å². The predicted octanol–water partition coefficient (Wildman–Crippen LogP) is 0.725. The van der Waals surface area contributed by atoms with Crippen LogP contribution in [-0.2, 0) is 16.1 Å². The zero-order valence-corrected chi connectivity index (χ0v) is 14.6. The minimum absolute atomic E-state index is 0.0959. The van der Waals surface area contributed by atoms with E-state index < -0.39 is 0 Å². The normalized spacial score (nSPS) is 20.8. The van der Waals surface area contributed by atoms with Gasteiger partial charge in [0, 0.05) is 32.6 Å². The van der Waals surface area contributed by atoms with Gasteiger partial charge in [-0.2, -0.15) is 15.0 Å². The fourth-order valence-corrected chi connectivity index (χ4v) is 3.27. The number of morpholine rings is 1. The molecule has 0 bridgehead atoms. The minimum atomic E-state index is 0.0959. The van der Waals surface area contributed by atoms with Crippen molar-refractivity contribution in [2.45, 2.75) is 38.6 Å². The van der Waals surface area contributed by atoms with Gasteiger partial charge in [0.15, 0.2) is 5.82 Å². The van der Waals surface area contributed by atoms with E-state index in [1.807, 2.05) is 0 Å². The average molecular weight is 346 g/mol. The molecule has 8 nitrogen and oxygen atoms in total. The summed E-state index contributed by atoms with van der Waals surface area (Å²) in [5, 5.41) is 2.96. The first-order valence-corrected chi connectivity index (χ1v) is 9.37. The SMILES string of the molecule is O=C(CC1CC1)NCc1nc(N2CCCC2)nc(N2CCOCC2)n1. The van der Waals surface area contributed by atoms with Gasteiger partial charge in [-0.25, -0.2) is 0 Å². The van der Waals surface area contributed by atoms with E-state index in [4.69, 9.17) is 4.74 Å². The van der Waals surface area contributed by atoms with Crippen LogP contribution in [0.3, 0.4) is 0 Å². The lowest BCUT2D eigenvalue weighted by Gasteiger charge is -2.28. The molecule has 0 spiro atoms. The topological polar surface area (TPSA) is 83.5 Å². The van der Waals surface area contributed by atoms with Crippen molar-refractivity contribution in [3.8, 4) is 0 Å². The van der Waals surface area contributed by atoms with E-state index >= 15 is 0 Å². The van der Waals surface area contributed by atoms with E-state index in [2.05, 4.69) is 30.1 Å². The minimum Gasteiger partial charge on any atom is -0.378 e. The summed E-state index contributed by atoms with van der Waals surface area (Å²) in [6.07, 6.45) is 5.33. The monoisotopic (exact) mass is 346 g/mol. The Morgan fingerprint density at radius 3 is 2.28 bits per heavy atom. The Morgan fingerprint density at radius 1 is 1.00 bits per heavy atom. The third kappa shape index (κ3) is 4.36. The second-order valence-corrected chi connectivity index (χ2v) is 7.07. The largest absolute Gasteiger partial charge is 0.378 e. The molecule has 3 fully saturated rings. The number of carbonyl (C=O) groups excluding carboxylic acids is 1. The summed E-state index contributed by atoms with van der Waals surface area (Å²) >= 11 is 0. The van der Waals surface area contributed by atoms with Gasteiger partial charge in [-0.15, -0.1) is 0 Å². The maximum atomic E-state index is 12.0. The summed E-state index contributed by atoms with van der Waals surface area (Å²) in [6.45, 7) is 5.30. The zero-order valence-electron chi connectivity index (χ0n) is 14.6. The van der Waals surface area contributed by atoms with E-state index in [1.54, 1.807) is 0 Å². The smallest absolute Gasteiger partial charge is 0.230 e. The molecule has 0 atom stereocenters. The van der Waals surface area contributed by atoms with Crippen LogP contribution < -0.4 is 15.1 Å². The molecule has 8 heteroatoms. The summed E-state index contributed by atoms with van der Waals surface area (Å²) in [4.78, 5) is 30.2. The molecular weight excluding hydrogens is 320 g/mol. The molecule has 25 heavy (non-hydrogen) atoms. The van der Waals surface area contributed by atoms with Gasteiger partial charge in [-0.05, 0) is 31.6 Å². The van der Waals surface area contributed by atoms with Gasteiger partial charge in [0.25, 0.3) is 0 Å². The molecule has 136 valence electrons. The van der Waals surface area contributed by atoms with Crippen molar-refractivity contribution < 1.29 is 9.53 Å². The van der Waals surface area contributed by atoms with Crippen LogP contribution in [0.1, 0.15) is 37.9 Å². The van der Waals surface area contributed by atoms with Crippen LogP contribution in [0.15, 0.2) is 0 Å². The summed E-state index contributed by atoms with van der Waals surface area (Å²) < 4.78 is 5.42. The number of aromatic nitrogens is 3. The molecule has 1 aromatic heterocycles. The van der Waals surface area contributed by atoms with Crippen molar-refractivity contribution in [3.63, 3.8) is 0 Å². The molecule has 3 aliphatic rings. The van der Waals surface area contributed by atoms with Gasteiger partial charge in [0.1, 0.15) is 0 Å². The van der Waals surface area contributed by atoms with Crippen molar-refractivity contribution in [1.29, 1.82) is 0 Å². The standard InChI is InChI=1S/C17H26N6O2/c24-15(11-13-3-4-13)18-12-14-19-16(22-5-1-2-6-22)21-17(20-14)23-7-9-25-10-8-23/h13H,1-12H2,(H,18,24). The Balaban J connectivity index is 1.49. The quantitative estimate of drug-likeness (QED) is 0.813. The predicted molar refractivity (Wildman–Crippen MR) is 93.5 cm³/mol. The molecule has 0 radical (unpaired) electrons. The number of rotatable bonds is 6. The molecular formula is C17H26N6O2. The summed E-state index contributed by atoms with van der Waals surface area (Å²) in [6, 6.07) is 0. The molecule has 1 amide bonds. The Bertz CT molecular complexity index is 609. The van der Waals surface area contributed by atoms with Crippen molar-refractivity contribution in [2.24, 2.45) is 5.92 Å². The lowest BCUT2D eigenvalue weighted by Crippen LogP contribution is -2.38. The van der Waals surface area contributed by atoms with Crippen molar-refractivity contribution in [1.82, 2.24) is 20.3 Å². The molecule has 2 saturated heterocycles. The number of anilines is 2. The Morgan fingerprint density at radius 2 is 1.64 bits per heavy atom. The first-order valence-electron chi connectivity index (χ1n) is 9.37. The summed E-state index contributed by atoms with van der Waals surface area (Å²) in [5.74, 6) is 2.76. The van der Waals surface area contributed by atoms with Crippen LogP contribution in [0.2, 0.25) is 0 Å². The highest BCUT2D eigenvalue weighted by molar-refractivity contribution is 5.76. The van der Waals surface area contributed by atoms with Crippen molar-refractivity contribution in [3.05, 3.63) is 5.82 Å². The van der Waals surface area contributed by atoms with Crippen LogP contribution in [-0.4, -0.2) is 60.3 Å². The molecule has 0 aromatic carbocycles. The second-order valence-electron chi connectivity index (χ2n) is 7.07. The van der Waals surface area contributed by atoms with Crippen LogP contribution in [0.5, 0.6) is 0 Å². The number of ether oxygens (including phenoxy) is 1. The third-order valence-corrected chi connectivity index (χ3v) is 4.96. The van der Waals surface area contributed by atoms with Crippen LogP contribution in [0.25, 0.3) is 0 Å². The molecule has 4 rings (SSSR count). The van der Waals surface area contributed by atoms with E-state index in [0.29, 0.717) is 43.9 Å². The van der Waals surface area contributed by atoms with Crippen LogP contribution in [0.4, 0.5) is 11.9 Å². The van der Waals surface area contributed by atoms with E-state index in [0.717, 1.165) is 32.1 Å². The highest BCUT2D eigenvalue weighted by Crippen LogP contribution is 2.32. The van der Waals surface area contributed by atoms with Crippen LogP contribution >= 0.6 is 0 Å². The maximum Gasteiger partial charge on any atom is 0.230 e. The molecule has 1 N–H and O–H groups in total. The fourth-order valence-electron chi connectivity index (χ4n) is 3.27. The number of nitrogens with zero attached hydrogens (tertiary/aromatic N) is 5. The summed E-state index contributed by atoms with van der Waals surface area (Å²) in [5.41, 5.74) is 0. The molecule has 1 saturated carbocycles. The van der Waals surface area contributed by atoms with Gasteiger partial charge in [0.2, 0.25) is 17.8 Å². The Hall–Kier alpha value is -1.96. The van der Waals surface area contributed by atoms with Gasteiger partial charge >= 0.3 is 0 Å². The van der Waals surface area contributed by atoms with Gasteiger partial charge in [0.05, 0.1) is 19.8 Å². The van der Waals surface area contributed by atoms with E-state index in [1.165, 1.54) is 25.7 Å². The van der Waals surface area contributed by atoms with Crippen molar-refractivity contribution in [2.75, 3.05) is 49.2 Å². The molecule has 0 unspecified atom stereocenters. The number of hydrogen-bond donors (Lipinski definition) is 1. The Kier molecular flexibility index (Phi) is 4.96. The summed E-state index contributed by atoms with van der Waals surface area (Å²) in [7, 11) is 0. The fraction of sp³-hybridized carbons (Fsp3) is 0.765. The lowest BCUT2D eigenvalue weighted by atomic mass is 10.3. The number of amides is 1. The molecule has 3 heterocycles. The first-order chi connectivity index (χ1) is 12.3. The number of carbonyl (C=O) groups is 1.